The fourth-order valence-electron chi connectivity index (χ4n) is 3.37. The largest absolute Gasteiger partial charge is 0.504 e. The number of phenols is 1. The number of halogens is 1. The van der Waals surface area contributed by atoms with Crippen molar-refractivity contribution in [2.75, 3.05) is 6.61 Å². The third-order valence-corrected chi connectivity index (χ3v) is 5.46. The summed E-state index contributed by atoms with van der Waals surface area (Å²) in [6.45, 7) is 5.27. The maximum absolute atomic E-state index is 10.9. The van der Waals surface area contributed by atoms with Gasteiger partial charge in [-0.3, -0.25) is 0 Å². The molecule has 0 spiro atoms. The second-order valence-electron chi connectivity index (χ2n) is 6.81. The van der Waals surface area contributed by atoms with Gasteiger partial charge in [0.2, 0.25) is 0 Å². The van der Waals surface area contributed by atoms with Crippen molar-refractivity contribution in [3.63, 3.8) is 0 Å². The predicted octanol–water partition coefficient (Wildman–Crippen LogP) is 5.54. The molecule has 0 aliphatic carbocycles. The Labute approximate surface area is 166 Å². The van der Waals surface area contributed by atoms with Crippen LogP contribution in [0.1, 0.15) is 48.4 Å². The molecule has 1 atom stereocenters. The minimum Gasteiger partial charge on any atom is -0.504 e. The SMILES string of the molecule is CCc1c(C)c(Cl)c(COC2CCCCO2)c(O)c1OCc1ccccc1. The molecule has 0 bridgehead atoms. The van der Waals surface area contributed by atoms with Crippen molar-refractivity contribution in [1.82, 2.24) is 0 Å². The van der Waals surface area contributed by atoms with Gasteiger partial charge in [0.1, 0.15) is 6.61 Å². The molecule has 1 aliphatic heterocycles. The fourth-order valence-corrected chi connectivity index (χ4v) is 3.63. The molecule has 27 heavy (non-hydrogen) atoms. The molecule has 0 amide bonds. The highest BCUT2D eigenvalue weighted by Gasteiger charge is 2.23. The Morgan fingerprint density at radius 2 is 1.93 bits per heavy atom. The van der Waals surface area contributed by atoms with E-state index in [1.807, 2.05) is 44.2 Å². The van der Waals surface area contributed by atoms with Crippen LogP contribution in [0, 0.1) is 6.92 Å². The van der Waals surface area contributed by atoms with Gasteiger partial charge >= 0.3 is 0 Å². The Balaban J connectivity index is 1.83. The molecule has 5 heteroatoms. The van der Waals surface area contributed by atoms with E-state index in [-0.39, 0.29) is 18.6 Å². The van der Waals surface area contributed by atoms with Gasteiger partial charge in [-0.25, -0.2) is 0 Å². The summed E-state index contributed by atoms with van der Waals surface area (Å²) in [5.74, 6) is 0.556. The number of hydrogen-bond donors (Lipinski definition) is 1. The summed E-state index contributed by atoms with van der Waals surface area (Å²) >= 11 is 6.55. The van der Waals surface area contributed by atoms with Crippen molar-refractivity contribution in [2.24, 2.45) is 0 Å². The summed E-state index contributed by atoms with van der Waals surface area (Å²) < 4.78 is 17.5. The highest BCUT2D eigenvalue weighted by atomic mass is 35.5. The monoisotopic (exact) mass is 390 g/mol. The lowest BCUT2D eigenvalue weighted by molar-refractivity contribution is -0.169. The van der Waals surface area contributed by atoms with Crippen LogP contribution in [0.2, 0.25) is 5.02 Å². The number of benzene rings is 2. The fraction of sp³-hybridized carbons (Fsp3) is 0.455. The third kappa shape index (κ3) is 4.75. The summed E-state index contributed by atoms with van der Waals surface area (Å²) in [5.41, 5.74) is 3.44. The number of ether oxygens (including phenoxy) is 3. The van der Waals surface area contributed by atoms with E-state index in [1.165, 1.54) is 0 Å². The summed E-state index contributed by atoms with van der Waals surface area (Å²) in [4.78, 5) is 0. The zero-order valence-corrected chi connectivity index (χ0v) is 16.7. The number of rotatable bonds is 7. The average Bonchev–Trinajstić information content (AvgIpc) is 2.71. The van der Waals surface area contributed by atoms with Gasteiger partial charge in [-0.1, -0.05) is 48.9 Å². The second kappa shape index (κ2) is 9.45. The minimum absolute atomic E-state index is 0.0641. The molecule has 3 rings (SSSR count). The number of aromatic hydroxyl groups is 1. The van der Waals surface area contributed by atoms with Gasteiger partial charge in [0, 0.05) is 17.7 Å². The second-order valence-corrected chi connectivity index (χ2v) is 7.19. The molecule has 1 aliphatic rings. The molecule has 0 aromatic heterocycles. The van der Waals surface area contributed by atoms with Crippen LogP contribution in [0.4, 0.5) is 0 Å². The molecule has 2 aromatic rings. The van der Waals surface area contributed by atoms with Crippen LogP contribution in [-0.2, 0) is 29.1 Å². The first kappa shape index (κ1) is 20.0. The van der Waals surface area contributed by atoms with Gasteiger partial charge in [-0.05, 0) is 43.7 Å². The van der Waals surface area contributed by atoms with E-state index in [2.05, 4.69) is 0 Å². The lowest BCUT2D eigenvalue weighted by Crippen LogP contribution is -2.22. The topological polar surface area (TPSA) is 47.9 Å². The van der Waals surface area contributed by atoms with Crippen molar-refractivity contribution in [2.45, 2.75) is 59.0 Å². The molecule has 146 valence electrons. The zero-order chi connectivity index (χ0) is 19.2. The molecule has 0 radical (unpaired) electrons. The van der Waals surface area contributed by atoms with Crippen LogP contribution in [0.15, 0.2) is 30.3 Å². The van der Waals surface area contributed by atoms with Crippen LogP contribution in [0.25, 0.3) is 0 Å². The van der Waals surface area contributed by atoms with Crippen LogP contribution in [-0.4, -0.2) is 18.0 Å². The van der Waals surface area contributed by atoms with E-state index in [0.717, 1.165) is 42.4 Å². The van der Waals surface area contributed by atoms with Gasteiger partial charge in [0.25, 0.3) is 0 Å². The Morgan fingerprint density at radius 1 is 1.15 bits per heavy atom. The van der Waals surface area contributed by atoms with E-state index in [1.54, 1.807) is 0 Å². The van der Waals surface area contributed by atoms with Gasteiger partial charge < -0.3 is 19.3 Å². The van der Waals surface area contributed by atoms with E-state index in [0.29, 0.717) is 29.5 Å². The Bertz CT molecular complexity index is 755. The molecular formula is C22H27ClO4. The van der Waals surface area contributed by atoms with Crippen molar-refractivity contribution >= 4 is 11.6 Å². The van der Waals surface area contributed by atoms with Crippen LogP contribution in [0.3, 0.4) is 0 Å². The lowest BCUT2D eigenvalue weighted by Gasteiger charge is -2.24. The molecule has 1 fully saturated rings. The predicted molar refractivity (Wildman–Crippen MR) is 106 cm³/mol. The third-order valence-electron chi connectivity index (χ3n) is 4.95. The van der Waals surface area contributed by atoms with E-state index >= 15 is 0 Å². The highest BCUT2D eigenvalue weighted by Crippen LogP contribution is 2.43. The maximum atomic E-state index is 10.9. The molecule has 0 saturated carbocycles. The summed E-state index contributed by atoms with van der Waals surface area (Å²) in [5, 5.41) is 11.4. The summed E-state index contributed by atoms with van der Waals surface area (Å²) in [6, 6.07) is 9.89. The highest BCUT2D eigenvalue weighted by molar-refractivity contribution is 6.32. The van der Waals surface area contributed by atoms with Gasteiger partial charge in [-0.15, -0.1) is 0 Å². The van der Waals surface area contributed by atoms with E-state index in [4.69, 9.17) is 25.8 Å². The molecule has 1 saturated heterocycles. The standard InChI is InChI=1S/C22H27ClO4/c1-3-17-15(2)20(23)18(14-26-19-11-7-8-12-25-19)21(24)22(17)27-13-16-9-5-4-6-10-16/h4-6,9-10,19,24H,3,7-8,11-14H2,1-2H3. The average molecular weight is 391 g/mol. The Kier molecular flexibility index (Phi) is 7.00. The lowest BCUT2D eigenvalue weighted by atomic mass is 10.00. The van der Waals surface area contributed by atoms with Crippen molar-refractivity contribution in [1.29, 1.82) is 0 Å². The summed E-state index contributed by atoms with van der Waals surface area (Å²) in [7, 11) is 0. The number of phenolic OH excluding ortho intramolecular Hbond substituents is 1. The minimum atomic E-state index is -0.242. The van der Waals surface area contributed by atoms with Gasteiger partial charge in [-0.2, -0.15) is 0 Å². The molecule has 1 unspecified atom stereocenters. The Morgan fingerprint density at radius 3 is 2.59 bits per heavy atom. The first-order valence-corrected chi connectivity index (χ1v) is 9.92. The first-order valence-electron chi connectivity index (χ1n) is 9.54. The van der Waals surface area contributed by atoms with E-state index < -0.39 is 0 Å². The quantitative estimate of drug-likeness (QED) is 0.674. The normalized spacial score (nSPS) is 17.1. The maximum Gasteiger partial charge on any atom is 0.165 e. The van der Waals surface area contributed by atoms with Crippen molar-refractivity contribution in [3.05, 3.63) is 57.6 Å². The van der Waals surface area contributed by atoms with Crippen LogP contribution >= 0.6 is 11.6 Å². The Hall–Kier alpha value is -1.75. The van der Waals surface area contributed by atoms with Crippen LogP contribution < -0.4 is 4.74 Å². The molecule has 1 heterocycles. The van der Waals surface area contributed by atoms with Crippen molar-refractivity contribution < 1.29 is 19.3 Å². The molecule has 4 nitrogen and oxygen atoms in total. The number of hydrogen-bond acceptors (Lipinski definition) is 4. The van der Waals surface area contributed by atoms with Gasteiger partial charge in [0.15, 0.2) is 17.8 Å². The summed E-state index contributed by atoms with van der Waals surface area (Å²) in [6.07, 6.45) is 3.49. The van der Waals surface area contributed by atoms with Gasteiger partial charge in [0.05, 0.1) is 11.6 Å². The zero-order valence-electron chi connectivity index (χ0n) is 16.0. The molecule has 1 N–H and O–H groups in total. The first-order chi connectivity index (χ1) is 13.1. The molecule has 2 aromatic carbocycles. The molecular weight excluding hydrogens is 364 g/mol. The van der Waals surface area contributed by atoms with Crippen LogP contribution in [0.5, 0.6) is 11.5 Å². The van der Waals surface area contributed by atoms with E-state index in [9.17, 15) is 5.11 Å². The van der Waals surface area contributed by atoms with Crippen molar-refractivity contribution in [3.8, 4) is 11.5 Å². The smallest absolute Gasteiger partial charge is 0.165 e.